The van der Waals surface area contributed by atoms with Crippen LogP contribution in [0.25, 0.3) is 27.8 Å². The lowest BCUT2D eigenvalue weighted by atomic mass is 9.94. The number of hydrogen-bond donors (Lipinski definition) is 2. The van der Waals surface area contributed by atoms with Crippen molar-refractivity contribution in [3.05, 3.63) is 95.7 Å². The third kappa shape index (κ3) is 5.73. The second-order valence-electron chi connectivity index (χ2n) is 10.8. The smallest absolute Gasteiger partial charge is 0.320 e. The van der Waals surface area contributed by atoms with Gasteiger partial charge < -0.3 is 10.1 Å². The van der Waals surface area contributed by atoms with Gasteiger partial charge in [-0.2, -0.15) is 10.2 Å². The van der Waals surface area contributed by atoms with Gasteiger partial charge in [-0.15, -0.1) is 0 Å². The number of hydrogen-bond acceptors (Lipinski definition) is 5. The van der Waals surface area contributed by atoms with Crippen molar-refractivity contribution < 1.29 is 18.3 Å². The van der Waals surface area contributed by atoms with Gasteiger partial charge in [0.15, 0.2) is 11.6 Å². The van der Waals surface area contributed by atoms with Crippen LogP contribution in [0.1, 0.15) is 17.0 Å². The SMILES string of the molecule is COCCN1C[C@@H](NC(=O)Nc2c(C)c(-c3ccc4c(cnn4C)c3)nn2-c2ccccc2)[C@H](c2ccc(F)c(F)c2)C1. The topological polar surface area (TPSA) is 89.2 Å². The van der Waals surface area contributed by atoms with E-state index in [1.807, 2.05) is 73.4 Å². The van der Waals surface area contributed by atoms with E-state index >= 15 is 0 Å². The van der Waals surface area contributed by atoms with E-state index in [1.165, 1.54) is 6.07 Å². The van der Waals surface area contributed by atoms with Crippen LogP contribution in [-0.2, 0) is 11.8 Å². The van der Waals surface area contributed by atoms with Crippen LogP contribution in [0.5, 0.6) is 0 Å². The maximum Gasteiger partial charge on any atom is 0.320 e. The molecule has 0 radical (unpaired) electrons. The Morgan fingerprint density at radius 1 is 1.05 bits per heavy atom. The van der Waals surface area contributed by atoms with E-state index < -0.39 is 17.7 Å². The summed E-state index contributed by atoms with van der Waals surface area (Å²) in [6.07, 6.45) is 1.82. The minimum Gasteiger partial charge on any atom is -0.383 e. The maximum absolute atomic E-state index is 14.2. The van der Waals surface area contributed by atoms with E-state index in [2.05, 4.69) is 20.6 Å². The highest BCUT2D eigenvalue weighted by molar-refractivity contribution is 5.92. The second-order valence-corrected chi connectivity index (χ2v) is 10.8. The maximum atomic E-state index is 14.2. The lowest BCUT2D eigenvalue weighted by molar-refractivity contribution is 0.159. The second kappa shape index (κ2) is 11.9. The molecule has 1 saturated heterocycles. The molecule has 0 spiro atoms. The molecule has 3 aromatic carbocycles. The van der Waals surface area contributed by atoms with Crippen LogP contribution < -0.4 is 10.6 Å². The number of nitrogens with zero attached hydrogens (tertiary/aromatic N) is 5. The highest BCUT2D eigenvalue weighted by Gasteiger charge is 2.35. The Morgan fingerprint density at radius 3 is 2.63 bits per heavy atom. The molecule has 3 heterocycles. The van der Waals surface area contributed by atoms with Crippen molar-refractivity contribution in [1.82, 2.24) is 29.8 Å². The zero-order valence-corrected chi connectivity index (χ0v) is 24.2. The fraction of sp³-hybridized carbons (Fsp3) is 0.281. The van der Waals surface area contributed by atoms with Crippen LogP contribution in [0.15, 0.2) is 72.9 Å². The Kier molecular flexibility index (Phi) is 7.92. The van der Waals surface area contributed by atoms with Crippen molar-refractivity contribution in [3.63, 3.8) is 0 Å². The van der Waals surface area contributed by atoms with E-state index in [1.54, 1.807) is 17.9 Å². The number of carbonyl (C=O) groups is 1. The normalized spacial score (nSPS) is 17.0. The van der Waals surface area contributed by atoms with E-state index in [0.717, 1.165) is 39.5 Å². The van der Waals surface area contributed by atoms with Gasteiger partial charge in [-0.3, -0.25) is 14.9 Å². The highest BCUT2D eigenvalue weighted by Crippen LogP contribution is 2.33. The molecule has 222 valence electrons. The first-order valence-corrected chi connectivity index (χ1v) is 14.1. The van der Waals surface area contributed by atoms with Crippen LogP contribution >= 0.6 is 0 Å². The van der Waals surface area contributed by atoms with Crippen molar-refractivity contribution in [1.29, 1.82) is 0 Å². The number of methoxy groups -OCH3 is 1. The molecule has 1 fully saturated rings. The van der Waals surface area contributed by atoms with Gasteiger partial charge in [-0.05, 0) is 48.9 Å². The third-order valence-electron chi connectivity index (χ3n) is 8.07. The largest absolute Gasteiger partial charge is 0.383 e. The molecule has 43 heavy (non-hydrogen) atoms. The number of aryl methyl sites for hydroxylation is 1. The number of aromatic nitrogens is 4. The molecule has 1 aliphatic rings. The molecule has 5 aromatic rings. The van der Waals surface area contributed by atoms with E-state index in [4.69, 9.17) is 9.84 Å². The Bertz CT molecular complexity index is 1770. The van der Waals surface area contributed by atoms with Crippen molar-refractivity contribution in [2.45, 2.75) is 18.9 Å². The van der Waals surface area contributed by atoms with Gasteiger partial charge in [-0.1, -0.05) is 30.3 Å². The molecular formula is C32H33F2N7O2. The Morgan fingerprint density at radius 2 is 1.86 bits per heavy atom. The first-order valence-electron chi connectivity index (χ1n) is 14.1. The van der Waals surface area contributed by atoms with Gasteiger partial charge in [0.1, 0.15) is 5.82 Å². The third-order valence-corrected chi connectivity index (χ3v) is 8.07. The number of amides is 2. The number of nitrogens with one attached hydrogen (secondary N) is 2. The molecule has 2 aromatic heterocycles. The zero-order valence-electron chi connectivity index (χ0n) is 24.2. The summed E-state index contributed by atoms with van der Waals surface area (Å²) in [5, 5.41) is 16.4. The Hall–Kier alpha value is -4.61. The number of anilines is 1. The van der Waals surface area contributed by atoms with Crippen LogP contribution in [0, 0.1) is 18.6 Å². The molecule has 2 N–H and O–H groups in total. The minimum atomic E-state index is -0.907. The van der Waals surface area contributed by atoms with Crippen molar-refractivity contribution >= 4 is 22.8 Å². The number of urea groups is 1. The van der Waals surface area contributed by atoms with E-state index in [-0.39, 0.29) is 12.0 Å². The summed E-state index contributed by atoms with van der Waals surface area (Å²) in [5.41, 5.74) is 4.86. The summed E-state index contributed by atoms with van der Waals surface area (Å²) < 4.78 is 36.7. The summed E-state index contributed by atoms with van der Waals surface area (Å²) in [5.74, 6) is -1.51. The number of likely N-dealkylation sites (tertiary alicyclic amines) is 1. The fourth-order valence-electron chi connectivity index (χ4n) is 5.81. The Labute approximate surface area is 248 Å². The molecule has 2 amide bonds. The number of rotatable bonds is 8. The summed E-state index contributed by atoms with van der Waals surface area (Å²) in [7, 11) is 3.53. The lowest BCUT2D eigenvalue weighted by Gasteiger charge is -2.21. The quantitative estimate of drug-likeness (QED) is 0.260. The number of para-hydroxylation sites is 1. The lowest BCUT2D eigenvalue weighted by Crippen LogP contribution is -2.42. The predicted octanol–water partition coefficient (Wildman–Crippen LogP) is 5.25. The molecule has 0 unspecified atom stereocenters. The molecule has 0 aliphatic carbocycles. The number of halogens is 2. The van der Waals surface area contributed by atoms with Gasteiger partial charge in [0.2, 0.25) is 0 Å². The monoisotopic (exact) mass is 585 g/mol. The van der Waals surface area contributed by atoms with Gasteiger partial charge >= 0.3 is 6.03 Å². The summed E-state index contributed by atoms with van der Waals surface area (Å²) >= 11 is 0. The van der Waals surface area contributed by atoms with Gasteiger partial charge in [0.25, 0.3) is 0 Å². The fourth-order valence-corrected chi connectivity index (χ4v) is 5.81. The summed E-state index contributed by atoms with van der Waals surface area (Å²) in [4.78, 5) is 15.7. The van der Waals surface area contributed by atoms with Crippen molar-refractivity contribution in [2.24, 2.45) is 7.05 Å². The van der Waals surface area contributed by atoms with Gasteiger partial charge in [0, 0.05) is 56.2 Å². The standard InChI is InChI=1S/C32H33F2N7O2/c1-20-30(22-10-12-29-23(15-22)17-35-39(29)2)38-41(24-7-5-4-6-8-24)31(20)37-32(42)36-28-19-40(13-14-43-3)18-25(28)21-9-11-26(33)27(34)16-21/h4-12,15-17,25,28H,13-14,18-19H2,1-3H3,(H2,36,37,42)/t25-,28+/m0/s1. The van der Waals surface area contributed by atoms with E-state index in [0.29, 0.717) is 37.6 Å². The van der Waals surface area contributed by atoms with Crippen molar-refractivity contribution in [3.8, 4) is 16.9 Å². The van der Waals surface area contributed by atoms with Crippen LogP contribution in [0.4, 0.5) is 19.4 Å². The first-order chi connectivity index (χ1) is 20.8. The number of benzene rings is 3. The van der Waals surface area contributed by atoms with Crippen LogP contribution in [0.2, 0.25) is 0 Å². The number of fused-ring (bicyclic) bond motifs is 1. The Balaban J connectivity index is 1.30. The average Bonchev–Trinajstić information content (AvgIpc) is 3.69. The molecule has 2 atom stereocenters. The molecule has 6 rings (SSSR count). The molecule has 1 aliphatic heterocycles. The molecule has 0 bridgehead atoms. The number of carbonyl (C=O) groups excluding carboxylic acids is 1. The molecule has 9 nitrogen and oxygen atoms in total. The summed E-state index contributed by atoms with van der Waals surface area (Å²) in [6.45, 7) is 4.21. The summed E-state index contributed by atoms with van der Waals surface area (Å²) in [6, 6.07) is 18.8. The zero-order chi connectivity index (χ0) is 30.1. The number of ether oxygens (including phenoxy) is 1. The van der Waals surface area contributed by atoms with Gasteiger partial charge in [0.05, 0.1) is 35.7 Å². The van der Waals surface area contributed by atoms with Crippen LogP contribution in [-0.4, -0.2) is 69.9 Å². The highest BCUT2D eigenvalue weighted by atomic mass is 19.2. The average molecular weight is 586 g/mol. The van der Waals surface area contributed by atoms with Crippen LogP contribution in [0.3, 0.4) is 0 Å². The predicted molar refractivity (Wildman–Crippen MR) is 161 cm³/mol. The molecule has 11 heteroatoms. The first kappa shape index (κ1) is 28.5. The van der Waals surface area contributed by atoms with Crippen molar-refractivity contribution in [2.75, 3.05) is 38.7 Å². The molecular weight excluding hydrogens is 552 g/mol. The molecule has 0 saturated carbocycles. The minimum absolute atomic E-state index is 0.236. The van der Waals surface area contributed by atoms with Gasteiger partial charge in [-0.25, -0.2) is 18.3 Å². The van der Waals surface area contributed by atoms with E-state index in [9.17, 15) is 13.6 Å².